The fraction of sp³-hybridized carbons (Fsp3) is 0.364. The molecule has 0 bridgehead atoms. The number of amides is 1. The number of aryl methyl sites for hydroxylation is 1. The van der Waals surface area contributed by atoms with Crippen LogP contribution in [-0.4, -0.2) is 28.0 Å². The number of thiazole rings is 1. The number of carbonyl (C=O) groups excluding carboxylic acids is 1. The van der Waals surface area contributed by atoms with E-state index in [0.29, 0.717) is 10.6 Å². The Balaban J connectivity index is 2.71. The van der Waals surface area contributed by atoms with Gasteiger partial charge in [-0.15, -0.1) is 11.3 Å². The molecule has 1 unspecified atom stereocenters. The van der Waals surface area contributed by atoms with E-state index in [1.165, 1.54) is 11.3 Å². The second-order valence-electron chi connectivity index (χ2n) is 3.44. The van der Waals surface area contributed by atoms with Crippen LogP contribution in [0.5, 0.6) is 0 Å². The van der Waals surface area contributed by atoms with Crippen LogP contribution in [0.3, 0.4) is 0 Å². The summed E-state index contributed by atoms with van der Waals surface area (Å²) < 4.78 is 0. The Kier molecular flexibility index (Phi) is 4.84. The molecule has 0 aromatic carbocycles. The van der Waals surface area contributed by atoms with E-state index in [9.17, 15) is 9.59 Å². The molecule has 0 aliphatic rings. The molecule has 0 saturated carbocycles. The number of carboxylic acid groups (broad SMARTS) is 1. The molecule has 0 aliphatic heterocycles. The van der Waals surface area contributed by atoms with Crippen LogP contribution >= 0.6 is 11.3 Å². The van der Waals surface area contributed by atoms with E-state index in [-0.39, 0.29) is 12.3 Å². The van der Waals surface area contributed by atoms with Crippen LogP contribution in [0.25, 0.3) is 0 Å². The maximum Gasteiger partial charge on any atom is 0.326 e. The van der Waals surface area contributed by atoms with Crippen molar-refractivity contribution in [2.24, 2.45) is 0 Å². The predicted octanol–water partition coefficient (Wildman–Crippen LogP) is 1.60. The van der Waals surface area contributed by atoms with E-state index in [4.69, 9.17) is 5.11 Å². The zero-order chi connectivity index (χ0) is 12.8. The molecule has 1 amide bonds. The molecule has 6 heteroatoms. The van der Waals surface area contributed by atoms with Crippen molar-refractivity contribution in [1.29, 1.82) is 0 Å². The van der Waals surface area contributed by atoms with Gasteiger partial charge in [-0.05, 0) is 20.3 Å². The van der Waals surface area contributed by atoms with Gasteiger partial charge in [0.15, 0.2) is 0 Å². The molecule has 17 heavy (non-hydrogen) atoms. The summed E-state index contributed by atoms with van der Waals surface area (Å²) in [6.07, 6.45) is 3.73. The number of aromatic nitrogens is 1. The van der Waals surface area contributed by atoms with E-state index in [2.05, 4.69) is 10.3 Å². The van der Waals surface area contributed by atoms with Crippen LogP contribution in [0, 0.1) is 6.92 Å². The van der Waals surface area contributed by atoms with Crippen LogP contribution in [-0.2, 0) is 4.79 Å². The Hall–Kier alpha value is -1.69. The van der Waals surface area contributed by atoms with Gasteiger partial charge in [0.25, 0.3) is 5.91 Å². The van der Waals surface area contributed by atoms with Gasteiger partial charge < -0.3 is 10.4 Å². The quantitative estimate of drug-likeness (QED) is 0.782. The number of carbonyl (C=O) groups is 2. The minimum Gasteiger partial charge on any atom is -0.480 e. The maximum atomic E-state index is 11.8. The summed E-state index contributed by atoms with van der Waals surface area (Å²) >= 11 is 1.20. The van der Waals surface area contributed by atoms with Crippen molar-refractivity contribution in [2.45, 2.75) is 26.3 Å². The van der Waals surface area contributed by atoms with Crippen LogP contribution in [0.15, 0.2) is 17.7 Å². The maximum absolute atomic E-state index is 11.8. The van der Waals surface area contributed by atoms with E-state index >= 15 is 0 Å². The monoisotopic (exact) mass is 254 g/mol. The van der Waals surface area contributed by atoms with Gasteiger partial charge in [-0.2, -0.15) is 0 Å². The molecule has 0 radical (unpaired) electrons. The molecule has 2 N–H and O–H groups in total. The van der Waals surface area contributed by atoms with Crippen molar-refractivity contribution in [3.05, 3.63) is 28.2 Å². The first kappa shape index (κ1) is 13.4. The van der Waals surface area contributed by atoms with E-state index in [1.807, 2.05) is 0 Å². The first-order valence-electron chi connectivity index (χ1n) is 5.11. The number of hydrogen-bond donors (Lipinski definition) is 2. The lowest BCUT2D eigenvalue weighted by Crippen LogP contribution is -2.40. The number of nitrogens with one attached hydrogen (secondary N) is 1. The second kappa shape index (κ2) is 6.15. The van der Waals surface area contributed by atoms with Crippen LogP contribution in [0.4, 0.5) is 0 Å². The lowest BCUT2D eigenvalue weighted by molar-refractivity contribution is -0.139. The number of carboxylic acids is 1. The lowest BCUT2D eigenvalue weighted by Gasteiger charge is -2.11. The number of allylic oxidation sites excluding steroid dienone is 1. The van der Waals surface area contributed by atoms with Crippen molar-refractivity contribution >= 4 is 23.2 Å². The van der Waals surface area contributed by atoms with Gasteiger partial charge in [0.1, 0.15) is 10.9 Å². The second-order valence-corrected chi connectivity index (χ2v) is 4.29. The van der Waals surface area contributed by atoms with E-state index in [0.717, 1.165) is 0 Å². The topological polar surface area (TPSA) is 79.3 Å². The van der Waals surface area contributed by atoms with E-state index in [1.54, 1.807) is 31.5 Å². The van der Waals surface area contributed by atoms with Crippen molar-refractivity contribution in [2.75, 3.05) is 0 Å². The molecule has 1 heterocycles. The largest absolute Gasteiger partial charge is 0.480 e. The third-order valence-corrected chi connectivity index (χ3v) is 3.09. The van der Waals surface area contributed by atoms with Gasteiger partial charge in [-0.3, -0.25) is 4.79 Å². The van der Waals surface area contributed by atoms with Crippen LogP contribution < -0.4 is 5.32 Å². The molecule has 1 aromatic heterocycles. The summed E-state index contributed by atoms with van der Waals surface area (Å²) in [7, 11) is 0. The normalized spacial score (nSPS) is 12.6. The zero-order valence-corrected chi connectivity index (χ0v) is 10.5. The van der Waals surface area contributed by atoms with Gasteiger partial charge in [0.05, 0.1) is 11.2 Å². The van der Waals surface area contributed by atoms with Gasteiger partial charge in [-0.25, -0.2) is 9.78 Å². The summed E-state index contributed by atoms with van der Waals surface area (Å²) in [6.45, 7) is 3.52. The summed E-state index contributed by atoms with van der Waals surface area (Å²) in [5, 5.41) is 11.4. The third kappa shape index (κ3) is 3.67. The summed E-state index contributed by atoms with van der Waals surface area (Å²) in [6, 6.07) is -0.903. The van der Waals surface area contributed by atoms with Crippen LogP contribution in [0.1, 0.15) is 28.7 Å². The zero-order valence-electron chi connectivity index (χ0n) is 9.64. The molecule has 1 aromatic rings. The fourth-order valence-corrected chi connectivity index (χ4v) is 1.94. The molecule has 0 fully saturated rings. The smallest absolute Gasteiger partial charge is 0.326 e. The Bertz CT molecular complexity index is 440. The predicted molar refractivity (Wildman–Crippen MR) is 65.2 cm³/mol. The molecule has 5 nitrogen and oxygen atoms in total. The van der Waals surface area contributed by atoms with Gasteiger partial charge in [0.2, 0.25) is 0 Å². The molecule has 0 saturated heterocycles. The van der Waals surface area contributed by atoms with Gasteiger partial charge >= 0.3 is 5.97 Å². The molecule has 1 atom stereocenters. The van der Waals surface area contributed by atoms with Crippen molar-refractivity contribution in [1.82, 2.24) is 10.3 Å². The summed E-state index contributed by atoms with van der Waals surface area (Å²) in [5.41, 5.74) is 2.18. The Labute approximate surface area is 103 Å². The fourth-order valence-electron chi connectivity index (χ4n) is 1.24. The minimum atomic E-state index is -1.04. The third-order valence-electron chi connectivity index (χ3n) is 2.16. The molecular formula is C11H14N2O3S. The molecule has 0 aliphatic carbocycles. The lowest BCUT2D eigenvalue weighted by atomic mass is 10.2. The Morgan fingerprint density at radius 3 is 2.82 bits per heavy atom. The van der Waals surface area contributed by atoms with Crippen molar-refractivity contribution < 1.29 is 14.7 Å². The highest BCUT2D eigenvalue weighted by atomic mass is 32.1. The Morgan fingerprint density at radius 1 is 1.65 bits per heavy atom. The average molecular weight is 254 g/mol. The number of hydrogen-bond acceptors (Lipinski definition) is 4. The molecule has 92 valence electrons. The summed E-state index contributed by atoms with van der Waals surface area (Å²) in [4.78, 5) is 27.1. The molecular weight excluding hydrogens is 240 g/mol. The Morgan fingerprint density at radius 2 is 2.35 bits per heavy atom. The standard InChI is InChI=1S/C11H14N2O3S/c1-3-4-5-8(11(15)16)13-10(14)9-7(2)12-6-17-9/h3-4,6,8H,5H2,1-2H3,(H,13,14)(H,15,16)/b4-3+. The van der Waals surface area contributed by atoms with Gasteiger partial charge in [-0.1, -0.05) is 12.2 Å². The van der Waals surface area contributed by atoms with Crippen LogP contribution in [0.2, 0.25) is 0 Å². The molecule has 0 spiro atoms. The molecule has 1 rings (SSSR count). The SMILES string of the molecule is C/C=C/CC(NC(=O)c1scnc1C)C(=O)O. The highest BCUT2D eigenvalue weighted by molar-refractivity contribution is 7.11. The number of nitrogens with zero attached hydrogens (tertiary/aromatic N) is 1. The number of rotatable bonds is 5. The van der Waals surface area contributed by atoms with E-state index < -0.39 is 12.0 Å². The first-order valence-corrected chi connectivity index (χ1v) is 5.99. The van der Waals surface area contributed by atoms with Gasteiger partial charge in [0, 0.05) is 0 Å². The minimum absolute atomic E-state index is 0.273. The van der Waals surface area contributed by atoms with Crippen molar-refractivity contribution in [3.8, 4) is 0 Å². The number of aliphatic carboxylic acids is 1. The average Bonchev–Trinajstić information content (AvgIpc) is 2.70. The highest BCUT2D eigenvalue weighted by Crippen LogP contribution is 2.12. The highest BCUT2D eigenvalue weighted by Gasteiger charge is 2.21. The summed E-state index contributed by atoms with van der Waals surface area (Å²) in [5.74, 6) is -1.43. The van der Waals surface area contributed by atoms with Crippen molar-refractivity contribution in [3.63, 3.8) is 0 Å². The first-order chi connectivity index (χ1) is 8.06.